The van der Waals surface area contributed by atoms with Crippen molar-refractivity contribution < 1.29 is 22.7 Å². The summed E-state index contributed by atoms with van der Waals surface area (Å²) in [5, 5.41) is 10.6. The molecule has 33 heavy (non-hydrogen) atoms. The first-order valence-corrected chi connectivity index (χ1v) is 11.0. The molecule has 4 rings (SSSR count). The summed E-state index contributed by atoms with van der Waals surface area (Å²) < 4.78 is 48.7. The molecule has 176 valence electrons. The van der Waals surface area contributed by atoms with Gasteiger partial charge in [0, 0.05) is 11.3 Å². The fraction of sp³-hybridized carbons (Fsp3) is 0.435. The number of hydrogen-bond donors (Lipinski definition) is 1. The van der Waals surface area contributed by atoms with Gasteiger partial charge in [-0.2, -0.15) is 23.4 Å². The summed E-state index contributed by atoms with van der Waals surface area (Å²) in [7, 11) is 0. The molecule has 0 saturated heterocycles. The number of amides is 1. The third-order valence-electron chi connectivity index (χ3n) is 5.68. The van der Waals surface area contributed by atoms with Crippen LogP contribution in [-0.2, 0) is 43.5 Å². The van der Waals surface area contributed by atoms with E-state index >= 15 is 0 Å². The van der Waals surface area contributed by atoms with Gasteiger partial charge in [0.2, 0.25) is 5.91 Å². The molecule has 1 N–H and O–H groups in total. The molecule has 1 aromatic carbocycles. The maximum absolute atomic E-state index is 13.4. The smallest absolute Gasteiger partial charge is 0.435 e. The molecule has 0 spiro atoms. The van der Waals surface area contributed by atoms with E-state index < -0.39 is 17.8 Å². The maximum Gasteiger partial charge on any atom is 0.435 e. The van der Waals surface area contributed by atoms with Gasteiger partial charge in [-0.05, 0) is 49.8 Å². The number of carbonyl (C=O) groups is 1. The Kier molecular flexibility index (Phi) is 6.71. The number of fused-ring (bicyclic) bond motifs is 1. The highest BCUT2D eigenvalue weighted by Gasteiger charge is 2.39. The summed E-state index contributed by atoms with van der Waals surface area (Å²) in [5.41, 5.74) is 1.50. The number of alkyl halides is 3. The largest absolute Gasteiger partial charge is 0.471 e. The third-order valence-corrected chi connectivity index (χ3v) is 5.68. The van der Waals surface area contributed by atoms with Crippen molar-refractivity contribution in [2.45, 2.75) is 64.9 Å². The van der Waals surface area contributed by atoms with Crippen LogP contribution >= 0.6 is 0 Å². The van der Waals surface area contributed by atoms with E-state index in [1.165, 1.54) is 21.1 Å². The highest BCUT2D eigenvalue weighted by molar-refractivity contribution is 5.90. The molecular weight excluding hydrogens is 435 g/mol. The molecule has 7 nitrogen and oxygen atoms in total. The number of halogens is 3. The van der Waals surface area contributed by atoms with Crippen LogP contribution in [0.5, 0.6) is 5.75 Å². The summed E-state index contributed by atoms with van der Waals surface area (Å²) in [6.07, 6.45) is 2.64. The van der Waals surface area contributed by atoms with E-state index in [0.29, 0.717) is 36.4 Å². The number of rotatable bonds is 7. The van der Waals surface area contributed by atoms with Crippen LogP contribution < -0.4 is 10.1 Å². The van der Waals surface area contributed by atoms with Crippen molar-refractivity contribution in [3.63, 3.8) is 0 Å². The predicted octanol–water partition coefficient (Wildman–Crippen LogP) is 4.60. The second kappa shape index (κ2) is 9.68. The molecule has 1 aliphatic rings. The van der Waals surface area contributed by atoms with Crippen LogP contribution in [-0.4, -0.2) is 25.5 Å². The van der Waals surface area contributed by atoms with E-state index in [0.717, 1.165) is 19.3 Å². The Morgan fingerprint density at radius 2 is 1.91 bits per heavy atom. The molecule has 0 bridgehead atoms. The molecule has 1 amide bonds. The number of ether oxygens (including phenoxy) is 1. The van der Waals surface area contributed by atoms with E-state index in [9.17, 15) is 18.0 Å². The lowest BCUT2D eigenvalue weighted by Gasteiger charge is -2.08. The van der Waals surface area contributed by atoms with Gasteiger partial charge in [0.15, 0.2) is 12.4 Å². The first-order chi connectivity index (χ1) is 15.8. The summed E-state index contributed by atoms with van der Waals surface area (Å²) >= 11 is 0. The van der Waals surface area contributed by atoms with Gasteiger partial charge in [-0.1, -0.05) is 25.5 Å². The minimum atomic E-state index is -4.53. The molecule has 0 saturated carbocycles. The van der Waals surface area contributed by atoms with E-state index in [1.807, 2.05) is 24.3 Å². The number of nitrogens with zero attached hydrogens (tertiary/aromatic N) is 4. The van der Waals surface area contributed by atoms with Gasteiger partial charge in [-0.25, -0.2) is 4.68 Å². The Hall–Kier alpha value is -3.30. The van der Waals surface area contributed by atoms with Crippen LogP contribution in [0.15, 0.2) is 36.7 Å². The Bertz CT molecular complexity index is 1100. The molecule has 0 atom stereocenters. The molecule has 10 heteroatoms. The lowest BCUT2D eigenvalue weighted by molar-refractivity contribution is -0.142. The number of aryl methyl sites for hydroxylation is 1. The minimum absolute atomic E-state index is 0.156. The second-order valence-corrected chi connectivity index (χ2v) is 8.08. The molecule has 3 aromatic rings. The van der Waals surface area contributed by atoms with Gasteiger partial charge >= 0.3 is 6.18 Å². The van der Waals surface area contributed by atoms with Crippen molar-refractivity contribution in [3.8, 4) is 5.75 Å². The zero-order valence-electron chi connectivity index (χ0n) is 18.4. The first kappa shape index (κ1) is 22.9. The topological polar surface area (TPSA) is 74.0 Å². The fourth-order valence-corrected chi connectivity index (χ4v) is 4.00. The van der Waals surface area contributed by atoms with E-state index in [-0.39, 0.29) is 18.8 Å². The van der Waals surface area contributed by atoms with Crippen LogP contribution in [0.4, 0.5) is 18.9 Å². The van der Waals surface area contributed by atoms with Crippen molar-refractivity contribution in [1.82, 2.24) is 19.6 Å². The molecule has 2 heterocycles. The van der Waals surface area contributed by atoms with Gasteiger partial charge in [-0.3, -0.25) is 9.48 Å². The van der Waals surface area contributed by atoms with Crippen molar-refractivity contribution in [2.75, 3.05) is 5.32 Å². The number of carbonyl (C=O) groups excluding carboxylic acids is 1. The van der Waals surface area contributed by atoms with Gasteiger partial charge < -0.3 is 10.1 Å². The maximum atomic E-state index is 13.4. The Balaban J connectivity index is 1.38. The zero-order chi connectivity index (χ0) is 23.4. The Morgan fingerprint density at radius 1 is 1.15 bits per heavy atom. The van der Waals surface area contributed by atoms with Crippen LogP contribution in [0.2, 0.25) is 0 Å². The van der Waals surface area contributed by atoms with Crippen molar-refractivity contribution in [2.24, 2.45) is 0 Å². The minimum Gasteiger partial charge on any atom is -0.471 e. The Labute approximate surface area is 189 Å². The fourth-order valence-electron chi connectivity index (χ4n) is 4.00. The standard InChI is InChI=1S/C23H26F3N5O2/c1-2-16-8-10-18(11-9-16)33-15-30-13-17(12-27-30)28-21(32)14-31-20-7-5-3-4-6-19(20)22(29-31)23(24,25)26/h8-13H,2-7,14-15H2,1H3,(H,28,32). The van der Waals surface area contributed by atoms with Gasteiger partial charge in [0.25, 0.3) is 0 Å². The van der Waals surface area contributed by atoms with Gasteiger partial charge in [0.1, 0.15) is 12.3 Å². The van der Waals surface area contributed by atoms with E-state index in [4.69, 9.17) is 4.74 Å². The second-order valence-electron chi connectivity index (χ2n) is 8.08. The van der Waals surface area contributed by atoms with Crippen LogP contribution in [0.1, 0.15) is 48.7 Å². The first-order valence-electron chi connectivity index (χ1n) is 11.0. The SMILES string of the molecule is CCc1ccc(OCn2cc(NC(=O)Cn3nc(C(F)(F)F)c4c3CCCCC4)cn2)cc1. The highest BCUT2D eigenvalue weighted by atomic mass is 19.4. The number of hydrogen-bond acceptors (Lipinski definition) is 4. The molecule has 0 fully saturated rings. The number of benzene rings is 1. The van der Waals surface area contributed by atoms with Crippen LogP contribution in [0.25, 0.3) is 0 Å². The van der Waals surface area contributed by atoms with E-state index in [1.54, 1.807) is 6.20 Å². The summed E-state index contributed by atoms with van der Waals surface area (Å²) in [6.45, 7) is 1.94. The number of aromatic nitrogens is 4. The monoisotopic (exact) mass is 461 g/mol. The predicted molar refractivity (Wildman–Crippen MR) is 116 cm³/mol. The average molecular weight is 461 g/mol. The molecule has 1 aliphatic carbocycles. The molecular formula is C23H26F3N5O2. The summed E-state index contributed by atoms with van der Waals surface area (Å²) in [5.74, 6) is 0.238. The summed E-state index contributed by atoms with van der Waals surface area (Å²) in [4.78, 5) is 12.5. The lowest BCUT2D eigenvalue weighted by atomic mass is 10.1. The van der Waals surface area contributed by atoms with Gasteiger partial charge in [0.05, 0.1) is 18.1 Å². The molecule has 0 radical (unpaired) electrons. The normalized spacial score (nSPS) is 13.9. The van der Waals surface area contributed by atoms with E-state index in [2.05, 4.69) is 22.4 Å². The molecule has 2 aromatic heterocycles. The Morgan fingerprint density at radius 3 is 2.64 bits per heavy atom. The quantitative estimate of drug-likeness (QED) is 0.522. The lowest BCUT2D eigenvalue weighted by Crippen LogP contribution is -2.21. The zero-order valence-corrected chi connectivity index (χ0v) is 18.4. The van der Waals surface area contributed by atoms with Crippen LogP contribution in [0.3, 0.4) is 0 Å². The summed E-state index contributed by atoms with van der Waals surface area (Å²) in [6, 6.07) is 7.75. The highest BCUT2D eigenvalue weighted by Crippen LogP contribution is 2.35. The van der Waals surface area contributed by atoms with Crippen molar-refractivity contribution >= 4 is 11.6 Å². The molecule has 0 unspecified atom stereocenters. The number of anilines is 1. The average Bonchev–Trinajstić information content (AvgIpc) is 3.28. The van der Waals surface area contributed by atoms with Crippen LogP contribution in [0, 0.1) is 0 Å². The number of nitrogens with one attached hydrogen (secondary N) is 1. The third kappa shape index (κ3) is 5.55. The van der Waals surface area contributed by atoms with Crippen molar-refractivity contribution in [3.05, 3.63) is 59.2 Å². The molecule has 0 aliphatic heterocycles. The van der Waals surface area contributed by atoms with Gasteiger partial charge in [-0.15, -0.1) is 0 Å². The van der Waals surface area contributed by atoms with Crippen molar-refractivity contribution in [1.29, 1.82) is 0 Å².